The van der Waals surface area contributed by atoms with E-state index in [4.69, 9.17) is 9.47 Å². The summed E-state index contributed by atoms with van der Waals surface area (Å²) in [6.07, 6.45) is 1.43. The average Bonchev–Trinajstić information content (AvgIpc) is 3.22. The number of fused-ring (bicyclic) bond motifs is 4. The fourth-order valence-electron chi connectivity index (χ4n) is 4.05. The Hall–Kier alpha value is -4.80. The third kappa shape index (κ3) is 3.44. The van der Waals surface area contributed by atoms with Crippen LogP contribution in [0.25, 0.3) is 27.8 Å². The highest BCUT2D eigenvalue weighted by Gasteiger charge is 2.19. The molecule has 1 N–H and O–H groups in total. The van der Waals surface area contributed by atoms with Gasteiger partial charge in [0.05, 0.1) is 11.3 Å². The lowest BCUT2D eigenvalue weighted by molar-refractivity contribution is 0.101. The first kappa shape index (κ1) is 20.8. The van der Waals surface area contributed by atoms with E-state index in [1.807, 2.05) is 0 Å². The van der Waals surface area contributed by atoms with Crippen LogP contribution in [0.3, 0.4) is 0 Å². The number of hydrogen-bond donors (Lipinski definition) is 1. The van der Waals surface area contributed by atoms with Crippen molar-refractivity contribution >= 4 is 22.6 Å². The molecule has 6 rings (SSSR count). The topological polar surface area (TPSA) is 113 Å². The number of carbonyl (C=O) groups is 1. The Bertz CT molecular complexity index is 1690. The first-order valence-electron chi connectivity index (χ1n) is 10.7. The van der Waals surface area contributed by atoms with Gasteiger partial charge in [0, 0.05) is 11.8 Å². The van der Waals surface area contributed by atoms with Gasteiger partial charge in [-0.05, 0) is 48.9 Å². The molecule has 0 saturated heterocycles. The molecule has 2 aromatic carbocycles. The molecule has 0 atom stereocenters. The van der Waals surface area contributed by atoms with E-state index in [0.717, 1.165) is 10.2 Å². The Morgan fingerprint density at radius 3 is 2.60 bits per heavy atom. The molecule has 0 radical (unpaired) electrons. The lowest BCUT2D eigenvalue weighted by atomic mass is 10.1. The number of pyridine rings is 1. The summed E-state index contributed by atoms with van der Waals surface area (Å²) in [5.74, 6) is 0.169. The first-order chi connectivity index (χ1) is 17.0. The van der Waals surface area contributed by atoms with E-state index in [2.05, 4.69) is 20.7 Å². The third-order valence-corrected chi connectivity index (χ3v) is 5.71. The number of aryl methyl sites for hydroxylation is 1. The Kier molecular flexibility index (Phi) is 4.69. The van der Waals surface area contributed by atoms with E-state index in [1.54, 1.807) is 43.3 Å². The molecule has 0 spiro atoms. The molecule has 1 aliphatic rings. The molecule has 174 valence electrons. The van der Waals surface area contributed by atoms with Crippen molar-refractivity contribution in [2.45, 2.75) is 6.92 Å². The zero-order chi connectivity index (χ0) is 24.1. The maximum absolute atomic E-state index is 13.4. The van der Waals surface area contributed by atoms with Crippen molar-refractivity contribution in [2.75, 3.05) is 18.6 Å². The van der Waals surface area contributed by atoms with E-state index in [1.165, 1.54) is 22.8 Å². The summed E-state index contributed by atoms with van der Waals surface area (Å²) >= 11 is 0. The SMILES string of the molecule is Cc1nn2c(nnc3c(=O)n(NC(=O)c4ccc5c(c4)OCCO5)ccc32)c1-c1ccc(F)cc1. The lowest BCUT2D eigenvalue weighted by Crippen LogP contribution is -2.33. The Morgan fingerprint density at radius 1 is 1.03 bits per heavy atom. The molecule has 1 aliphatic heterocycles. The normalized spacial score (nSPS) is 12.7. The fraction of sp³-hybridized carbons (Fsp3) is 0.125. The van der Waals surface area contributed by atoms with Crippen LogP contribution in [-0.2, 0) is 0 Å². The van der Waals surface area contributed by atoms with Crippen LogP contribution in [0.1, 0.15) is 16.1 Å². The molecule has 3 aromatic heterocycles. The molecular weight excluding hydrogens is 455 g/mol. The quantitative estimate of drug-likeness (QED) is 0.430. The van der Waals surface area contributed by atoms with Gasteiger partial charge in [0.2, 0.25) is 0 Å². The molecule has 0 unspecified atom stereocenters. The first-order valence-corrected chi connectivity index (χ1v) is 10.7. The van der Waals surface area contributed by atoms with Gasteiger partial charge in [-0.2, -0.15) is 5.10 Å². The van der Waals surface area contributed by atoms with Gasteiger partial charge in [-0.3, -0.25) is 15.0 Å². The van der Waals surface area contributed by atoms with Gasteiger partial charge >= 0.3 is 0 Å². The van der Waals surface area contributed by atoms with Crippen LogP contribution in [0.5, 0.6) is 11.5 Å². The molecular formula is C24H17FN6O4. The molecule has 1 amide bonds. The second-order valence-corrected chi connectivity index (χ2v) is 7.93. The standard InChI is InChI=1S/C24H17FN6O4/c1-13-20(14-2-5-16(25)6-3-14)22-27-26-21-17(31(22)28-13)8-9-30(24(21)33)29-23(32)15-4-7-18-19(12-15)35-11-10-34-18/h2-9,12H,10-11H2,1H3,(H,29,32). The van der Waals surface area contributed by atoms with Crippen molar-refractivity contribution in [3.8, 4) is 22.6 Å². The molecule has 11 heteroatoms. The van der Waals surface area contributed by atoms with Crippen LogP contribution in [0, 0.1) is 12.7 Å². The van der Waals surface area contributed by atoms with Gasteiger partial charge in [0.15, 0.2) is 22.7 Å². The van der Waals surface area contributed by atoms with E-state index < -0.39 is 11.5 Å². The van der Waals surface area contributed by atoms with Crippen LogP contribution in [0.4, 0.5) is 4.39 Å². The molecule has 0 saturated carbocycles. The minimum absolute atomic E-state index is 0.0237. The van der Waals surface area contributed by atoms with Gasteiger partial charge in [0.1, 0.15) is 24.5 Å². The summed E-state index contributed by atoms with van der Waals surface area (Å²) in [6, 6.07) is 12.4. The summed E-state index contributed by atoms with van der Waals surface area (Å²) in [5.41, 5.74) is 5.23. The van der Waals surface area contributed by atoms with Crippen molar-refractivity contribution in [3.63, 3.8) is 0 Å². The van der Waals surface area contributed by atoms with Crippen LogP contribution in [-0.4, -0.2) is 43.6 Å². The number of rotatable bonds is 3. The highest BCUT2D eigenvalue weighted by atomic mass is 19.1. The highest BCUT2D eigenvalue weighted by Crippen LogP contribution is 2.31. The van der Waals surface area contributed by atoms with Crippen molar-refractivity contribution in [1.82, 2.24) is 24.5 Å². The molecule has 0 aliphatic carbocycles. The van der Waals surface area contributed by atoms with Crippen molar-refractivity contribution in [3.05, 3.63) is 82.2 Å². The molecule has 4 heterocycles. The summed E-state index contributed by atoms with van der Waals surface area (Å²) in [6.45, 7) is 2.64. The monoisotopic (exact) mass is 472 g/mol. The van der Waals surface area contributed by atoms with Crippen LogP contribution in [0.15, 0.2) is 59.5 Å². The molecule has 35 heavy (non-hydrogen) atoms. The molecule has 5 aromatic rings. The maximum atomic E-state index is 13.4. The van der Waals surface area contributed by atoms with Gasteiger partial charge in [-0.15, -0.1) is 10.2 Å². The van der Waals surface area contributed by atoms with E-state index in [0.29, 0.717) is 52.7 Å². The number of hydrogen-bond acceptors (Lipinski definition) is 7. The van der Waals surface area contributed by atoms with Gasteiger partial charge in [-0.1, -0.05) is 12.1 Å². The van der Waals surface area contributed by atoms with Crippen LogP contribution >= 0.6 is 0 Å². The zero-order valence-electron chi connectivity index (χ0n) is 18.4. The number of amides is 1. The number of nitrogens with one attached hydrogen (secondary N) is 1. The van der Waals surface area contributed by atoms with Crippen molar-refractivity contribution in [1.29, 1.82) is 0 Å². The molecule has 10 nitrogen and oxygen atoms in total. The fourth-order valence-corrected chi connectivity index (χ4v) is 4.05. The van der Waals surface area contributed by atoms with Crippen molar-refractivity contribution < 1.29 is 18.7 Å². The predicted octanol–water partition coefficient (Wildman–Crippen LogP) is 2.71. The second-order valence-electron chi connectivity index (χ2n) is 7.93. The van der Waals surface area contributed by atoms with Crippen molar-refractivity contribution in [2.24, 2.45) is 0 Å². The molecule has 0 bridgehead atoms. The zero-order valence-corrected chi connectivity index (χ0v) is 18.4. The summed E-state index contributed by atoms with van der Waals surface area (Å²) < 4.78 is 26.9. The Balaban J connectivity index is 1.38. The van der Waals surface area contributed by atoms with Gasteiger partial charge in [-0.25, -0.2) is 13.6 Å². The number of halogens is 1. The number of carbonyl (C=O) groups excluding carboxylic acids is 1. The summed E-state index contributed by atoms with van der Waals surface area (Å²) in [7, 11) is 0. The van der Waals surface area contributed by atoms with Gasteiger partial charge in [0.25, 0.3) is 11.5 Å². The summed E-state index contributed by atoms with van der Waals surface area (Å²) in [5, 5.41) is 12.9. The van der Waals surface area contributed by atoms with E-state index >= 15 is 0 Å². The highest BCUT2D eigenvalue weighted by molar-refractivity contribution is 6.00. The molecule has 0 fully saturated rings. The smallest absolute Gasteiger partial charge is 0.299 e. The minimum atomic E-state index is -0.570. The number of benzene rings is 2. The van der Waals surface area contributed by atoms with E-state index in [9.17, 15) is 14.0 Å². The summed E-state index contributed by atoms with van der Waals surface area (Å²) in [4.78, 5) is 25.9. The largest absolute Gasteiger partial charge is 0.486 e. The maximum Gasteiger partial charge on any atom is 0.299 e. The predicted molar refractivity (Wildman–Crippen MR) is 124 cm³/mol. The van der Waals surface area contributed by atoms with Crippen LogP contribution in [0.2, 0.25) is 0 Å². The minimum Gasteiger partial charge on any atom is -0.486 e. The Labute approximate surface area is 196 Å². The average molecular weight is 472 g/mol. The Morgan fingerprint density at radius 2 is 1.80 bits per heavy atom. The van der Waals surface area contributed by atoms with Crippen LogP contribution < -0.4 is 20.5 Å². The number of ether oxygens (including phenoxy) is 2. The van der Waals surface area contributed by atoms with E-state index in [-0.39, 0.29) is 11.3 Å². The third-order valence-electron chi connectivity index (χ3n) is 5.71. The van der Waals surface area contributed by atoms with Gasteiger partial charge < -0.3 is 9.47 Å². The number of aromatic nitrogens is 5. The lowest BCUT2D eigenvalue weighted by Gasteiger charge is -2.18. The number of nitrogens with zero attached hydrogens (tertiary/aromatic N) is 5. The second kappa shape index (κ2) is 7.90.